The van der Waals surface area contributed by atoms with Crippen molar-refractivity contribution >= 4 is 9.84 Å². The van der Waals surface area contributed by atoms with Crippen LogP contribution in [0.2, 0.25) is 0 Å². The highest BCUT2D eigenvalue weighted by atomic mass is 32.2. The first-order chi connectivity index (χ1) is 6.87. The number of hydrogen-bond acceptors (Lipinski definition) is 2. The van der Waals surface area contributed by atoms with Crippen LogP contribution in [0.25, 0.3) is 0 Å². The van der Waals surface area contributed by atoms with Crippen LogP contribution >= 0.6 is 0 Å². The fraction of sp³-hybridized carbons (Fsp3) is 0.400. The largest absolute Gasteiger partial charge is 0.265 e. The van der Waals surface area contributed by atoms with Gasteiger partial charge >= 0.3 is 0 Å². The molecule has 0 saturated heterocycles. The number of benzene rings is 1. The zero-order chi connectivity index (χ0) is 11.6. The van der Waals surface area contributed by atoms with Gasteiger partial charge in [0.1, 0.15) is 0 Å². The smallest absolute Gasteiger partial charge is 0.223 e. The lowest BCUT2D eigenvalue weighted by atomic mass is 10.2. The van der Waals surface area contributed by atoms with Crippen LogP contribution in [0.5, 0.6) is 0 Å². The van der Waals surface area contributed by atoms with Gasteiger partial charge in [0.05, 0.1) is 10.1 Å². The average molecular weight is 234 g/mol. The van der Waals surface area contributed by atoms with Crippen LogP contribution in [0.15, 0.2) is 29.2 Å². The lowest BCUT2D eigenvalue weighted by Crippen LogP contribution is -2.16. The zero-order valence-corrected chi connectivity index (χ0v) is 9.26. The molecule has 84 valence electrons. The van der Waals surface area contributed by atoms with Gasteiger partial charge < -0.3 is 0 Å². The number of halogens is 2. The molecule has 0 bridgehead atoms. The van der Waals surface area contributed by atoms with E-state index < -0.39 is 27.1 Å². The minimum absolute atomic E-state index is 0.269. The number of alkyl halides is 2. The van der Waals surface area contributed by atoms with E-state index in [0.717, 1.165) is 6.07 Å². The summed E-state index contributed by atoms with van der Waals surface area (Å²) in [5.41, 5.74) is -0.425. The summed E-state index contributed by atoms with van der Waals surface area (Å²) < 4.78 is 48.6. The molecule has 0 amide bonds. The summed E-state index contributed by atoms with van der Waals surface area (Å²) in [4.78, 5) is -0.269. The lowest BCUT2D eigenvalue weighted by Gasteiger charge is -2.11. The maximum absolute atomic E-state index is 12.6. The molecule has 0 heterocycles. The summed E-state index contributed by atoms with van der Waals surface area (Å²) >= 11 is 0. The van der Waals surface area contributed by atoms with E-state index >= 15 is 0 Å². The monoisotopic (exact) mass is 234 g/mol. The second-order valence-corrected chi connectivity index (χ2v) is 5.90. The van der Waals surface area contributed by atoms with Gasteiger partial charge in [0, 0.05) is 5.56 Å². The van der Waals surface area contributed by atoms with Gasteiger partial charge in [-0.25, -0.2) is 17.2 Å². The van der Waals surface area contributed by atoms with E-state index in [1.165, 1.54) is 32.0 Å². The molecule has 0 N–H and O–H groups in total. The third kappa shape index (κ3) is 2.34. The lowest BCUT2D eigenvalue weighted by molar-refractivity contribution is 0.148. The molecule has 0 fully saturated rings. The summed E-state index contributed by atoms with van der Waals surface area (Å²) in [5, 5.41) is -0.697. The second kappa shape index (κ2) is 4.26. The molecule has 5 heteroatoms. The maximum Gasteiger partial charge on any atom is 0.265 e. The number of rotatable bonds is 3. The van der Waals surface area contributed by atoms with E-state index in [4.69, 9.17) is 0 Å². The molecule has 0 radical (unpaired) electrons. The Hall–Kier alpha value is -0.970. The second-order valence-electron chi connectivity index (χ2n) is 3.43. The van der Waals surface area contributed by atoms with Crippen LogP contribution in [-0.4, -0.2) is 13.7 Å². The Morgan fingerprint density at radius 1 is 1.13 bits per heavy atom. The van der Waals surface area contributed by atoms with Crippen molar-refractivity contribution in [2.75, 3.05) is 0 Å². The minimum Gasteiger partial charge on any atom is -0.223 e. The van der Waals surface area contributed by atoms with Crippen molar-refractivity contribution in [3.63, 3.8) is 0 Å². The summed E-state index contributed by atoms with van der Waals surface area (Å²) in [6.07, 6.45) is -2.77. The molecular formula is C10H12F2O2S. The van der Waals surface area contributed by atoms with Gasteiger partial charge in [-0.3, -0.25) is 0 Å². The first-order valence-electron chi connectivity index (χ1n) is 4.48. The molecule has 0 aliphatic rings. The molecule has 0 aliphatic carbocycles. The molecule has 15 heavy (non-hydrogen) atoms. The van der Waals surface area contributed by atoms with Crippen molar-refractivity contribution in [1.29, 1.82) is 0 Å². The van der Waals surface area contributed by atoms with Gasteiger partial charge in [0.15, 0.2) is 9.84 Å². The molecule has 0 spiro atoms. The number of hydrogen-bond donors (Lipinski definition) is 0. The summed E-state index contributed by atoms with van der Waals surface area (Å²) in [5.74, 6) is 0. The highest BCUT2D eigenvalue weighted by Gasteiger charge is 2.25. The van der Waals surface area contributed by atoms with E-state index in [1.807, 2.05) is 0 Å². The fourth-order valence-corrected chi connectivity index (χ4v) is 2.44. The van der Waals surface area contributed by atoms with E-state index in [0.29, 0.717) is 0 Å². The molecule has 0 atom stereocenters. The van der Waals surface area contributed by atoms with Crippen LogP contribution in [-0.2, 0) is 9.84 Å². The molecule has 0 aliphatic heterocycles. The van der Waals surface area contributed by atoms with Crippen molar-refractivity contribution in [1.82, 2.24) is 0 Å². The predicted molar refractivity (Wildman–Crippen MR) is 53.7 cm³/mol. The van der Waals surface area contributed by atoms with Crippen molar-refractivity contribution in [2.45, 2.75) is 30.4 Å². The predicted octanol–water partition coefficient (Wildman–Crippen LogP) is 2.81. The Morgan fingerprint density at radius 2 is 1.67 bits per heavy atom. The van der Waals surface area contributed by atoms with E-state index in [1.54, 1.807) is 0 Å². The topological polar surface area (TPSA) is 34.1 Å². The molecule has 2 nitrogen and oxygen atoms in total. The Labute approximate surface area is 87.8 Å². The SMILES string of the molecule is CC(C)S(=O)(=O)c1ccccc1C(F)F. The van der Waals surface area contributed by atoms with E-state index in [2.05, 4.69) is 0 Å². The molecule has 0 unspecified atom stereocenters. The fourth-order valence-electron chi connectivity index (χ4n) is 1.17. The quantitative estimate of drug-likeness (QED) is 0.805. The van der Waals surface area contributed by atoms with Gasteiger partial charge in [-0.15, -0.1) is 0 Å². The molecule has 1 rings (SSSR count). The van der Waals surface area contributed by atoms with Crippen LogP contribution in [0, 0.1) is 0 Å². The van der Waals surface area contributed by atoms with Crippen molar-refractivity contribution in [3.8, 4) is 0 Å². The maximum atomic E-state index is 12.6. The van der Waals surface area contributed by atoms with Crippen LogP contribution in [0.3, 0.4) is 0 Å². The number of sulfone groups is 1. The van der Waals surface area contributed by atoms with E-state index in [9.17, 15) is 17.2 Å². The Balaban J connectivity index is 3.38. The van der Waals surface area contributed by atoms with Gasteiger partial charge in [0.2, 0.25) is 0 Å². The molecule has 0 saturated carbocycles. The summed E-state index contributed by atoms with van der Waals surface area (Å²) in [6.45, 7) is 2.94. The van der Waals surface area contributed by atoms with Crippen LogP contribution in [0.1, 0.15) is 25.8 Å². The highest BCUT2D eigenvalue weighted by molar-refractivity contribution is 7.92. The van der Waals surface area contributed by atoms with Gasteiger partial charge in [0.25, 0.3) is 6.43 Å². The third-order valence-electron chi connectivity index (χ3n) is 2.08. The van der Waals surface area contributed by atoms with Gasteiger partial charge in [-0.05, 0) is 19.9 Å². The van der Waals surface area contributed by atoms with Gasteiger partial charge in [-0.2, -0.15) is 0 Å². The van der Waals surface area contributed by atoms with Crippen LogP contribution in [0.4, 0.5) is 8.78 Å². The Morgan fingerprint density at radius 3 is 2.13 bits per heavy atom. The normalized spacial score (nSPS) is 12.4. The molecule has 1 aromatic carbocycles. The molecule has 1 aromatic rings. The first kappa shape index (κ1) is 12.1. The highest BCUT2D eigenvalue weighted by Crippen LogP contribution is 2.28. The van der Waals surface area contributed by atoms with Gasteiger partial charge in [-0.1, -0.05) is 18.2 Å². The minimum atomic E-state index is -3.63. The van der Waals surface area contributed by atoms with Crippen molar-refractivity contribution in [2.24, 2.45) is 0 Å². The summed E-state index contributed by atoms with van der Waals surface area (Å²) in [6, 6.07) is 5.21. The van der Waals surface area contributed by atoms with Crippen molar-refractivity contribution in [3.05, 3.63) is 29.8 Å². The molecular weight excluding hydrogens is 222 g/mol. The standard InChI is InChI=1S/C10H12F2O2S/c1-7(2)15(13,14)9-6-4-3-5-8(9)10(11)12/h3-7,10H,1-2H3. The Kier molecular flexibility index (Phi) is 3.44. The first-order valence-corrected chi connectivity index (χ1v) is 6.03. The zero-order valence-electron chi connectivity index (χ0n) is 8.44. The molecule has 0 aromatic heterocycles. The van der Waals surface area contributed by atoms with Crippen LogP contribution < -0.4 is 0 Å². The third-order valence-corrected chi connectivity index (χ3v) is 4.31. The van der Waals surface area contributed by atoms with E-state index in [-0.39, 0.29) is 4.90 Å². The summed E-state index contributed by atoms with van der Waals surface area (Å²) in [7, 11) is -3.63. The average Bonchev–Trinajstić information content (AvgIpc) is 2.17. The Bertz CT molecular complexity index is 438. The van der Waals surface area contributed by atoms with Crippen molar-refractivity contribution < 1.29 is 17.2 Å².